The molecule has 120 valence electrons. The van der Waals surface area contributed by atoms with Crippen molar-refractivity contribution in [1.82, 2.24) is 10.6 Å². The summed E-state index contributed by atoms with van der Waals surface area (Å²) < 4.78 is 5.31. The van der Waals surface area contributed by atoms with Crippen molar-refractivity contribution in [2.24, 2.45) is 0 Å². The standard InChI is InChI=1S/C18H26N2O2/c1-18(2,3)22-17(21)20-16-11-15(16)19-14-10-6-8-12-7-4-5-9-13(12)14/h4-5,7,9,14-16,19H,6,8,10-11H2,1-3H3,(H,20,21). The van der Waals surface area contributed by atoms with Crippen molar-refractivity contribution >= 4 is 6.09 Å². The molecule has 0 saturated heterocycles. The Balaban J connectivity index is 1.51. The van der Waals surface area contributed by atoms with Gasteiger partial charge in [0.05, 0.1) is 0 Å². The summed E-state index contributed by atoms with van der Waals surface area (Å²) in [5.74, 6) is 0. The molecular weight excluding hydrogens is 276 g/mol. The van der Waals surface area contributed by atoms with Crippen LogP contribution in [0, 0.1) is 0 Å². The Bertz CT molecular complexity index is 550. The van der Waals surface area contributed by atoms with Crippen LogP contribution in [-0.2, 0) is 11.2 Å². The molecule has 1 aromatic rings. The van der Waals surface area contributed by atoms with Gasteiger partial charge in [0.15, 0.2) is 0 Å². The molecule has 0 aromatic heterocycles. The number of carbonyl (C=O) groups excluding carboxylic acids is 1. The van der Waals surface area contributed by atoms with Gasteiger partial charge < -0.3 is 15.4 Å². The van der Waals surface area contributed by atoms with Gasteiger partial charge in [-0.1, -0.05) is 24.3 Å². The number of hydrogen-bond acceptors (Lipinski definition) is 3. The maximum absolute atomic E-state index is 11.8. The Morgan fingerprint density at radius 1 is 1.23 bits per heavy atom. The third kappa shape index (κ3) is 3.80. The first-order valence-electron chi connectivity index (χ1n) is 8.26. The minimum atomic E-state index is -0.440. The molecule has 2 aliphatic carbocycles. The van der Waals surface area contributed by atoms with Gasteiger partial charge >= 0.3 is 6.09 Å². The molecule has 2 N–H and O–H groups in total. The monoisotopic (exact) mass is 302 g/mol. The number of ether oxygens (including phenoxy) is 1. The van der Waals surface area contributed by atoms with Gasteiger partial charge in [-0.3, -0.25) is 0 Å². The average Bonchev–Trinajstić information content (AvgIpc) is 3.14. The third-order valence-electron chi connectivity index (χ3n) is 4.28. The molecule has 0 spiro atoms. The van der Waals surface area contributed by atoms with Crippen LogP contribution in [0.25, 0.3) is 0 Å². The van der Waals surface area contributed by atoms with Crippen molar-refractivity contribution in [3.05, 3.63) is 35.4 Å². The second kappa shape index (κ2) is 5.92. The molecule has 0 aliphatic heterocycles. The van der Waals surface area contributed by atoms with Gasteiger partial charge in [0, 0.05) is 18.1 Å². The van der Waals surface area contributed by atoms with E-state index in [9.17, 15) is 4.79 Å². The van der Waals surface area contributed by atoms with Gasteiger partial charge in [-0.25, -0.2) is 4.79 Å². The second-order valence-electron chi connectivity index (χ2n) is 7.41. The zero-order chi connectivity index (χ0) is 15.7. The highest BCUT2D eigenvalue weighted by atomic mass is 16.6. The van der Waals surface area contributed by atoms with E-state index in [-0.39, 0.29) is 12.1 Å². The van der Waals surface area contributed by atoms with Crippen LogP contribution in [0.5, 0.6) is 0 Å². The second-order valence-corrected chi connectivity index (χ2v) is 7.41. The van der Waals surface area contributed by atoms with E-state index in [4.69, 9.17) is 4.74 Å². The molecule has 1 amide bonds. The van der Waals surface area contributed by atoms with Crippen LogP contribution >= 0.6 is 0 Å². The Labute approximate surface area is 132 Å². The normalized spacial score (nSPS) is 27.0. The van der Waals surface area contributed by atoms with Crippen LogP contribution in [0.3, 0.4) is 0 Å². The fraction of sp³-hybridized carbons (Fsp3) is 0.611. The number of benzene rings is 1. The van der Waals surface area contributed by atoms with E-state index in [1.165, 1.54) is 30.4 Å². The number of hydrogen-bond donors (Lipinski definition) is 2. The molecule has 1 aromatic carbocycles. The Morgan fingerprint density at radius 3 is 2.77 bits per heavy atom. The van der Waals surface area contributed by atoms with Crippen molar-refractivity contribution in [2.45, 2.75) is 70.2 Å². The van der Waals surface area contributed by atoms with Gasteiger partial charge in [0.25, 0.3) is 0 Å². The summed E-state index contributed by atoms with van der Waals surface area (Å²) in [6.45, 7) is 5.65. The summed E-state index contributed by atoms with van der Waals surface area (Å²) in [5, 5.41) is 6.65. The van der Waals surface area contributed by atoms with E-state index in [1.54, 1.807) is 0 Å². The SMILES string of the molecule is CC(C)(C)OC(=O)NC1CC1NC1CCCc2ccccc21. The van der Waals surface area contributed by atoms with E-state index >= 15 is 0 Å². The van der Waals surface area contributed by atoms with E-state index in [2.05, 4.69) is 34.9 Å². The Hall–Kier alpha value is -1.55. The van der Waals surface area contributed by atoms with Crippen LogP contribution in [0.1, 0.15) is 57.2 Å². The Kier molecular flexibility index (Phi) is 4.13. The smallest absolute Gasteiger partial charge is 0.407 e. The number of nitrogens with one attached hydrogen (secondary N) is 2. The van der Waals surface area contributed by atoms with Gasteiger partial charge in [0.1, 0.15) is 5.60 Å². The third-order valence-corrected chi connectivity index (χ3v) is 4.28. The lowest BCUT2D eigenvalue weighted by Gasteiger charge is -2.26. The van der Waals surface area contributed by atoms with Crippen LogP contribution in [0.4, 0.5) is 4.79 Å². The lowest BCUT2D eigenvalue weighted by Crippen LogP contribution is -2.37. The zero-order valence-electron chi connectivity index (χ0n) is 13.7. The molecule has 1 fully saturated rings. The van der Waals surface area contributed by atoms with Gasteiger partial charge in [-0.2, -0.15) is 0 Å². The van der Waals surface area contributed by atoms with E-state index in [0.29, 0.717) is 12.1 Å². The average molecular weight is 302 g/mol. The minimum Gasteiger partial charge on any atom is -0.444 e. The van der Waals surface area contributed by atoms with Crippen molar-refractivity contribution in [3.63, 3.8) is 0 Å². The molecule has 4 nitrogen and oxygen atoms in total. The number of rotatable bonds is 3. The van der Waals surface area contributed by atoms with Crippen molar-refractivity contribution in [3.8, 4) is 0 Å². The highest BCUT2D eigenvalue weighted by Crippen LogP contribution is 2.33. The molecule has 0 radical (unpaired) electrons. The summed E-state index contributed by atoms with van der Waals surface area (Å²) in [4.78, 5) is 11.8. The molecule has 3 unspecified atom stereocenters. The molecule has 22 heavy (non-hydrogen) atoms. The molecule has 4 heteroatoms. The molecule has 0 heterocycles. The number of carbonyl (C=O) groups is 1. The molecule has 0 bridgehead atoms. The lowest BCUT2D eigenvalue weighted by molar-refractivity contribution is 0.0521. The maximum atomic E-state index is 11.8. The summed E-state index contributed by atoms with van der Waals surface area (Å²) in [5.41, 5.74) is 2.45. The van der Waals surface area contributed by atoms with Gasteiger partial charge in [0.2, 0.25) is 0 Å². The minimum absolute atomic E-state index is 0.198. The molecule has 3 rings (SSSR count). The molecule has 1 saturated carbocycles. The summed E-state index contributed by atoms with van der Waals surface area (Å²) in [6.07, 6.45) is 4.25. The first kappa shape index (κ1) is 15.3. The zero-order valence-corrected chi connectivity index (χ0v) is 13.7. The topological polar surface area (TPSA) is 50.4 Å². The van der Waals surface area contributed by atoms with E-state index in [0.717, 1.165) is 6.42 Å². The maximum Gasteiger partial charge on any atom is 0.407 e. The van der Waals surface area contributed by atoms with E-state index < -0.39 is 5.60 Å². The Morgan fingerprint density at radius 2 is 2.00 bits per heavy atom. The highest BCUT2D eigenvalue weighted by molar-refractivity contribution is 5.68. The van der Waals surface area contributed by atoms with Crippen molar-refractivity contribution in [1.29, 1.82) is 0 Å². The van der Waals surface area contributed by atoms with Gasteiger partial charge in [-0.05, 0) is 57.6 Å². The van der Waals surface area contributed by atoms with E-state index in [1.807, 2.05) is 20.8 Å². The van der Waals surface area contributed by atoms with Crippen molar-refractivity contribution in [2.75, 3.05) is 0 Å². The number of alkyl carbamates (subject to hydrolysis) is 1. The first-order valence-corrected chi connectivity index (χ1v) is 8.26. The largest absolute Gasteiger partial charge is 0.444 e. The van der Waals surface area contributed by atoms with Crippen LogP contribution < -0.4 is 10.6 Å². The number of aryl methyl sites for hydroxylation is 1. The quantitative estimate of drug-likeness (QED) is 0.900. The van der Waals surface area contributed by atoms with Crippen molar-refractivity contribution < 1.29 is 9.53 Å². The number of amides is 1. The molecule has 2 aliphatic rings. The number of fused-ring (bicyclic) bond motifs is 1. The van der Waals surface area contributed by atoms with Crippen LogP contribution in [-0.4, -0.2) is 23.8 Å². The molecular formula is C18H26N2O2. The lowest BCUT2D eigenvalue weighted by atomic mass is 9.88. The summed E-state index contributed by atoms with van der Waals surface area (Å²) in [7, 11) is 0. The van der Waals surface area contributed by atoms with Crippen LogP contribution in [0.2, 0.25) is 0 Å². The fourth-order valence-electron chi connectivity index (χ4n) is 3.18. The predicted molar refractivity (Wildman–Crippen MR) is 86.8 cm³/mol. The predicted octanol–water partition coefficient (Wildman–Crippen LogP) is 3.32. The molecule has 3 atom stereocenters. The first-order chi connectivity index (χ1) is 10.4. The summed E-state index contributed by atoms with van der Waals surface area (Å²) >= 11 is 0. The summed E-state index contributed by atoms with van der Waals surface area (Å²) in [6, 6.07) is 9.66. The van der Waals surface area contributed by atoms with Crippen LogP contribution in [0.15, 0.2) is 24.3 Å². The van der Waals surface area contributed by atoms with Gasteiger partial charge in [-0.15, -0.1) is 0 Å². The fourth-order valence-corrected chi connectivity index (χ4v) is 3.18. The highest BCUT2D eigenvalue weighted by Gasteiger charge is 2.41.